The Morgan fingerprint density at radius 3 is 3.00 bits per heavy atom. The molecule has 1 saturated heterocycles. The topological polar surface area (TPSA) is 46.4 Å². The average Bonchev–Trinajstić information content (AvgIpc) is 2.99. The lowest BCUT2D eigenvalue weighted by Gasteiger charge is -2.34. The van der Waals surface area contributed by atoms with Crippen molar-refractivity contribution in [2.45, 2.75) is 45.2 Å². The van der Waals surface area contributed by atoms with Gasteiger partial charge >= 0.3 is 0 Å². The summed E-state index contributed by atoms with van der Waals surface area (Å²) < 4.78 is 10.9. The van der Waals surface area contributed by atoms with Crippen molar-refractivity contribution in [1.29, 1.82) is 0 Å². The smallest absolute Gasteiger partial charge is 0.0950 e. The van der Waals surface area contributed by atoms with Crippen LogP contribution in [0.15, 0.2) is 23.0 Å². The summed E-state index contributed by atoms with van der Waals surface area (Å²) in [5.41, 5.74) is 1.25. The molecule has 0 saturated carbocycles. The molecule has 4 heteroatoms. The summed E-state index contributed by atoms with van der Waals surface area (Å²) in [7, 11) is 0. The van der Waals surface area contributed by atoms with Gasteiger partial charge in [0.25, 0.3) is 0 Å². The molecule has 114 valence electrons. The third-order valence-electron chi connectivity index (χ3n) is 4.07. The van der Waals surface area contributed by atoms with Gasteiger partial charge in [0.05, 0.1) is 19.1 Å². The van der Waals surface area contributed by atoms with Gasteiger partial charge in [-0.1, -0.05) is 13.8 Å². The third-order valence-corrected chi connectivity index (χ3v) is 4.07. The van der Waals surface area contributed by atoms with E-state index in [-0.39, 0.29) is 0 Å². The van der Waals surface area contributed by atoms with Crippen LogP contribution in [0.4, 0.5) is 0 Å². The van der Waals surface area contributed by atoms with Gasteiger partial charge in [-0.05, 0) is 44.3 Å². The minimum absolute atomic E-state index is 0.363. The molecule has 4 nitrogen and oxygen atoms in total. The first-order chi connectivity index (χ1) is 9.85. The van der Waals surface area contributed by atoms with E-state index in [0.717, 1.165) is 45.6 Å². The normalized spacial score (nSPS) is 24.7. The Labute approximate surface area is 122 Å². The van der Waals surface area contributed by atoms with Crippen molar-refractivity contribution in [3.05, 3.63) is 24.2 Å². The lowest BCUT2D eigenvalue weighted by atomic mass is 9.87. The van der Waals surface area contributed by atoms with Crippen molar-refractivity contribution in [3.8, 4) is 0 Å². The molecule has 0 spiro atoms. The molecule has 1 aliphatic rings. The van der Waals surface area contributed by atoms with E-state index in [0.29, 0.717) is 18.0 Å². The molecule has 2 rings (SSSR count). The highest BCUT2D eigenvalue weighted by molar-refractivity contribution is 5.12. The maximum Gasteiger partial charge on any atom is 0.0950 e. The van der Waals surface area contributed by atoms with Gasteiger partial charge in [-0.3, -0.25) is 0 Å². The van der Waals surface area contributed by atoms with Gasteiger partial charge in [-0.2, -0.15) is 0 Å². The zero-order valence-electron chi connectivity index (χ0n) is 12.7. The molecule has 3 atom stereocenters. The molecule has 2 N–H and O–H groups in total. The van der Waals surface area contributed by atoms with Gasteiger partial charge in [0.1, 0.15) is 0 Å². The highest BCUT2D eigenvalue weighted by atomic mass is 16.5. The number of rotatable bonds is 8. The fraction of sp³-hybridized carbons (Fsp3) is 0.750. The number of hydrogen-bond donors (Lipinski definition) is 2. The quantitative estimate of drug-likeness (QED) is 0.768. The van der Waals surface area contributed by atoms with Gasteiger partial charge in [-0.25, -0.2) is 0 Å². The fourth-order valence-corrected chi connectivity index (χ4v) is 2.99. The van der Waals surface area contributed by atoms with Crippen molar-refractivity contribution < 1.29 is 9.15 Å². The van der Waals surface area contributed by atoms with E-state index in [1.807, 2.05) is 6.26 Å². The molecule has 0 amide bonds. The van der Waals surface area contributed by atoms with Crippen LogP contribution in [-0.4, -0.2) is 32.3 Å². The molecule has 2 heterocycles. The first kappa shape index (κ1) is 15.5. The molecule has 0 aromatic carbocycles. The Morgan fingerprint density at radius 2 is 2.30 bits per heavy atom. The summed E-state index contributed by atoms with van der Waals surface area (Å²) >= 11 is 0. The predicted molar refractivity (Wildman–Crippen MR) is 80.8 cm³/mol. The minimum Gasteiger partial charge on any atom is -0.472 e. The molecule has 1 aromatic heterocycles. The zero-order chi connectivity index (χ0) is 14.2. The van der Waals surface area contributed by atoms with Crippen molar-refractivity contribution in [1.82, 2.24) is 10.6 Å². The van der Waals surface area contributed by atoms with E-state index < -0.39 is 0 Å². The molecule has 0 aliphatic carbocycles. The molecule has 20 heavy (non-hydrogen) atoms. The predicted octanol–water partition coefficient (Wildman–Crippen LogP) is 2.73. The van der Waals surface area contributed by atoms with E-state index in [1.165, 1.54) is 5.56 Å². The summed E-state index contributed by atoms with van der Waals surface area (Å²) in [6, 6.07) is 3.01. The molecule has 0 radical (unpaired) electrons. The van der Waals surface area contributed by atoms with Crippen molar-refractivity contribution >= 4 is 0 Å². The first-order valence-corrected chi connectivity index (χ1v) is 7.91. The van der Waals surface area contributed by atoms with Crippen LogP contribution in [0.1, 0.15) is 44.7 Å². The van der Waals surface area contributed by atoms with Gasteiger partial charge in [0, 0.05) is 24.3 Å². The fourth-order valence-electron chi connectivity index (χ4n) is 2.99. The molecule has 1 aromatic rings. The van der Waals surface area contributed by atoms with Crippen molar-refractivity contribution in [2.75, 3.05) is 26.3 Å². The molecule has 1 aliphatic heterocycles. The molecular weight excluding hydrogens is 252 g/mol. The highest BCUT2D eigenvalue weighted by Crippen LogP contribution is 2.27. The maximum absolute atomic E-state index is 5.69. The summed E-state index contributed by atoms with van der Waals surface area (Å²) in [6.45, 7) is 8.18. The van der Waals surface area contributed by atoms with Crippen LogP contribution >= 0.6 is 0 Å². The Kier molecular flexibility index (Phi) is 6.57. The van der Waals surface area contributed by atoms with Crippen molar-refractivity contribution in [2.24, 2.45) is 5.92 Å². The maximum atomic E-state index is 5.69. The number of ether oxygens (including phenoxy) is 1. The summed E-state index contributed by atoms with van der Waals surface area (Å²) in [6.07, 6.45) is 6.97. The third kappa shape index (κ3) is 4.33. The molecular formula is C16H28N2O2. The van der Waals surface area contributed by atoms with Crippen LogP contribution in [0.5, 0.6) is 0 Å². The first-order valence-electron chi connectivity index (χ1n) is 7.91. The molecule has 1 fully saturated rings. The van der Waals surface area contributed by atoms with Crippen LogP contribution in [0.3, 0.4) is 0 Å². The Bertz CT molecular complexity index is 351. The standard InChI is InChI=1S/C16H28N2O2/c1-3-7-18-16(13-5-8-19-11-13)10-14-12-20-9-6-15(14)17-4-2/h5,8,11,14-18H,3-4,6-7,9-10,12H2,1-2H3. The van der Waals surface area contributed by atoms with E-state index in [4.69, 9.17) is 9.15 Å². The van der Waals surface area contributed by atoms with Gasteiger partial charge in [0.2, 0.25) is 0 Å². The van der Waals surface area contributed by atoms with E-state index in [1.54, 1.807) is 6.26 Å². The van der Waals surface area contributed by atoms with Gasteiger partial charge in [0.15, 0.2) is 0 Å². The van der Waals surface area contributed by atoms with E-state index >= 15 is 0 Å². The summed E-state index contributed by atoms with van der Waals surface area (Å²) in [5, 5.41) is 7.25. The Hall–Kier alpha value is -0.840. The number of hydrogen-bond acceptors (Lipinski definition) is 4. The molecule has 0 bridgehead atoms. The van der Waals surface area contributed by atoms with Crippen molar-refractivity contribution in [3.63, 3.8) is 0 Å². The van der Waals surface area contributed by atoms with Crippen LogP contribution in [-0.2, 0) is 4.74 Å². The zero-order valence-corrected chi connectivity index (χ0v) is 12.7. The van der Waals surface area contributed by atoms with Gasteiger partial charge in [-0.15, -0.1) is 0 Å². The van der Waals surface area contributed by atoms with Crippen LogP contribution in [0.25, 0.3) is 0 Å². The SMILES string of the molecule is CCCNC(CC1COCCC1NCC)c1ccoc1. The van der Waals surface area contributed by atoms with Crippen LogP contribution in [0.2, 0.25) is 0 Å². The average molecular weight is 280 g/mol. The number of furan rings is 1. The highest BCUT2D eigenvalue weighted by Gasteiger charge is 2.28. The van der Waals surface area contributed by atoms with Crippen LogP contribution < -0.4 is 10.6 Å². The van der Waals surface area contributed by atoms with Gasteiger partial charge < -0.3 is 19.8 Å². The number of nitrogens with one attached hydrogen (secondary N) is 2. The molecule has 3 unspecified atom stereocenters. The summed E-state index contributed by atoms with van der Waals surface area (Å²) in [4.78, 5) is 0. The second-order valence-corrected chi connectivity index (χ2v) is 5.59. The Balaban J connectivity index is 1.97. The largest absolute Gasteiger partial charge is 0.472 e. The monoisotopic (exact) mass is 280 g/mol. The van der Waals surface area contributed by atoms with Crippen LogP contribution in [0, 0.1) is 5.92 Å². The minimum atomic E-state index is 0.363. The lowest BCUT2D eigenvalue weighted by Crippen LogP contribution is -2.44. The summed E-state index contributed by atoms with van der Waals surface area (Å²) in [5.74, 6) is 0.563. The second-order valence-electron chi connectivity index (χ2n) is 5.59. The van der Waals surface area contributed by atoms with E-state index in [9.17, 15) is 0 Å². The lowest BCUT2D eigenvalue weighted by molar-refractivity contribution is 0.0250. The Morgan fingerprint density at radius 1 is 1.40 bits per heavy atom. The van der Waals surface area contributed by atoms with E-state index in [2.05, 4.69) is 30.5 Å². The second kappa shape index (κ2) is 8.45.